The number of ether oxygens (including phenoxy) is 2. The Morgan fingerprint density at radius 2 is 1.54 bits per heavy atom. The lowest BCUT2D eigenvalue weighted by molar-refractivity contribution is -0.136. The molecule has 1 aromatic heterocycles. The topological polar surface area (TPSA) is 239 Å². The number of aromatic amines is 1. The zero-order valence-electron chi connectivity index (χ0n) is 48.7. The summed E-state index contributed by atoms with van der Waals surface area (Å²) < 4.78 is 13.0. The summed E-state index contributed by atoms with van der Waals surface area (Å²) in [5, 5.41) is 94.5. The summed E-state index contributed by atoms with van der Waals surface area (Å²) in [7, 11) is 0. The molecule has 13 heteroatoms. The van der Waals surface area contributed by atoms with E-state index >= 15 is 4.79 Å². The Hall–Kier alpha value is -6.67. The summed E-state index contributed by atoms with van der Waals surface area (Å²) >= 11 is 0. The predicted octanol–water partition coefficient (Wildman–Crippen LogP) is 13.4. The Balaban J connectivity index is 0.944. The number of aromatic nitrogens is 1. The average Bonchev–Trinajstić information content (AvgIpc) is 1.62. The van der Waals surface area contributed by atoms with Crippen LogP contribution in [-0.4, -0.2) is 70.1 Å². The number of benzene rings is 5. The van der Waals surface area contributed by atoms with Gasteiger partial charge in [0.2, 0.25) is 5.75 Å². The molecular weight excluding hydrogens is 1070 g/mol. The Kier molecular flexibility index (Phi) is 14.3. The van der Waals surface area contributed by atoms with Gasteiger partial charge in [-0.3, -0.25) is 10.5 Å². The molecule has 85 heavy (non-hydrogen) atoms. The number of Topliss-reactive ketones (excluding diaryl/α,β-unsaturated/α-hetero) is 1. The fourth-order valence-electron chi connectivity index (χ4n) is 20.1. The smallest absolute Gasteiger partial charge is 0.200 e. The number of fused-ring (bicyclic) bond motifs is 9. The summed E-state index contributed by atoms with van der Waals surface area (Å²) in [6.07, 6.45) is 18.5. The molecule has 13 nitrogen and oxygen atoms in total. The summed E-state index contributed by atoms with van der Waals surface area (Å²) in [4.78, 5) is 19.2. The van der Waals surface area contributed by atoms with Gasteiger partial charge in [-0.2, -0.15) is 0 Å². The van der Waals surface area contributed by atoms with Crippen molar-refractivity contribution in [1.29, 1.82) is 0 Å². The van der Waals surface area contributed by atoms with Crippen molar-refractivity contribution in [3.05, 3.63) is 142 Å². The van der Waals surface area contributed by atoms with Gasteiger partial charge in [-0.05, 0) is 238 Å². The van der Waals surface area contributed by atoms with Crippen LogP contribution < -0.4 is 15.2 Å². The number of rotatable bonds is 15. The molecule has 9 aliphatic rings. The zero-order chi connectivity index (χ0) is 58.6. The second-order valence-corrected chi connectivity index (χ2v) is 27.8. The summed E-state index contributed by atoms with van der Waals surface area (Å²) in [6.45, 7) is -0.132. The first-order valence-corrected chi connectivity index (χ1v) is 32.0. The number of aliphatic hydroxyl groups excluding tert-OH is 1. The molecule has 6 fully saturated rings. The van der Waals surface area contributed by atoms with Gasteiger partial charge in [-0.1, -0.05) is 67.8 Å². The van der Waals surface area contributed by atoms with Crippen LogP contribution >= 0.6 is 0 Å². The monoisotopic (exact) mass is 1150 g/mol. The molecule has 1 spiro atoms. The molecule has 9 aliphatic carbocycles. The van der Waals surface area contributed by atoms with E-state index in [1.165, 1.54) is 29.2 Å². The van der Waals surface area contributed by atoms with Gasteiger partial charge < -0.3 is 55.3 Å². The van der Waals surface area contributed by atoms with Crippen LogP contribution in [0.1, 0.15) is 185 Å². The molecule has 0 aliphatic heterocycles. The number of phenols is 6. The van der Waals surface area contributed by atoms with Crippen molar-refractivity contribution in [3.8, 4) is 57.3 Å². The maximum absolute atomic E-state index is 15.5. The number of carbonyl (C=O) groups excluding carboxylic acids is 1. The standard InChI is InChI=1S/C72H84N2O11/c73-40-84-60-31-41(14-18-57(60)78)13-17-56(77)52-33-44(32-43-15-16-48(76)37-58(43)79)51-34-45-35-55(62(63(51)65(52)81)53-38-59(80)66(82)67(61(45)53)85-71(24-6-7-25-71)46-9-8-10-47(75)36-46)72-29-28-69(26-19-42(39-69)20-27-70(83)22-4-1-5-23-70)68(72)50-21-30-74-64(50)49-11-2-3-12-54(49)72/h2-3,8-12,14-16,18,21,30-31,36-38,42,44-45,51-52,55,62-63,65,68,74-76,78-83H,1,4-7,13,17,19-20,22-29,32-35,39-40,73H2/t42-,44+,45+,51-,52+,55+,62+,63+,65-,68+,69-,72+/m0/s1. The van der Waals surface area contributed by atoms with Gasteiger partial charge in [0.15, 0.2) is 23.0 Å². The van der Waals surface area contributed by atoms with Gasteiger partial charge >= 0.3 is 0 Å². The van der Waals surface area contributed by atoms with Crippen molar-refractivity contribution in [2.24, 2.45) is 46.7 Å². The van der Waals surface area contributed by atoms with Crippen molar-refractivity contribution in [2.45, 2.75) is 182 Å². The number of H-pyrrole nitrogens is 1. The molecule has 0 saturated heterocycles. The number of aromatic hydroxyl groups is 6. The van der Waals surface area contributed by atoms with Crippen molar-refractivity contribution in [2.75, 3.05) is 6.73 Å². The van der Waals surface area contributed by atoms with E-state index in [1.807, 2.05) is 12.1 Å². The maximum atomic E-state index is 15.5. The van der Waals surface area contributed by atoms with E-state index in [4.69, 9.17) is 15.2 Å². The largest absolute Gasteiger partial charge is 0.508 e. The van der Waals surface area contributed by atoms with E-state index in [-0.39, 0.29) is 99.9 Å². The molecular formula is C72H84N2O11. The van der Waals surface area contributed by atoms with Gasteiger partial charge in [0.1, 0.15) is 35.4 Å². The summed E-state index contributed by atoms with van der Waals surface area (Å²) in [5.74, 6) is -2.36. The van der Waals surface area contributed by atoms with Crippen LogP contribution in [0.15, 0.2) is 103 Å². The first kappa shape index (κ1) is 56.2. The molecule has 0 unspecified atom stereocenters. The minimum atomic E-state index is -1.13. The zero-order valence-corrected chi connectivity index (χ0v) is 48.7. The maximum Gasteiger partial charge on any atom is 0.200 e. The van der Waals surface area contributed by atoms with Crippen LogP contribution in [0, 0.1) is 40.9 Å². The van der Waals surface area contributed by atoms with E-state index in [2.05, 4.69) is 41.5 Å². The van der Waals surface area contributed by atoms with Crippen molar-refractivity contribution in [1.82, 2.24) is 4.98 Å². The van der Waals surface area contributed by atoms with Crippen LogP contribution in [-0.2, 0) is 28.7 Å². The SMILES string of the molecule is NCOc1cc(CCC(=O)[C@H]2C[C@@H](Cc3ccc(O)cc3O)[C@@H]3C[C@@H]4C[C@@H]([C@]56CC[C@]7(CC[C@@H](CCC8(O)CCCCC8)C7)[C@H]5c5cc[nH]c5-c5ccccc56)[C@@H](c5cc(O)c(O)c(OC6(c7cccc(O)c7)CCCC6)c54)[C@@H]3[C@H]2O)ccc1O. The molecule has 2 bridgehead atoms. The van der Waals surface area contributed by atoms with Gasteiger partial charge in [-0.15, -0.1) is 0 Å². The van der Waals surface area contributed by atoms with E-state index in [9.17, 15) is 40.9 Å². The van der Waals surface area contributed by atoms with Crippen LogP contribution in [0.3, 0.4) is 0 Å². The van der Waals surface area contributed by atoms with E-state index in [0.29, 0.717) is 56.4 Å². The Labute approximate surface area is 498 Å². The number of phenolic OH excluding ortho intramolecular Hbond substituents is 6. The minimum Gasteiger partial charge on any atom is -0.508 e. The second-order valence-electron chi connectivity index (χ2n) is 27.8. The predicted molar refractivity (Wildman–Crippen MR) is 323 cm³/mol. The van der Waals surface area contributed by atoms with Crippen LogP contribution in [0.2, 0.25) is 0 Å². The van der Waals surface area contributed by atoms with Gasteiger partial charge in [-0.25, -0.2) is 0 Å². The number of aryl methyl sites for hydroxylation is 1. The number of nitrogens with one attached hydrogen (secondary N) is 1. The van der Waals surface area contributed by atoms with E-state index < -0.39 is 40.5 Å². The van der Waals surface area contributed by atoms with Gasteiger partial charge in [0.25, 0.3) is 0 Å². The normalized spacial score (nSPS) is 31.1. The van der Waals surface area contributed by atoms with Gasteiger partial charge in [0.05, 0.1) is 11.7 Å². The highest BCUT2D eigenvalue weighted by Crippen LogP contribution is 2.77. The molecule has 448 valence electrons. The highest BCUT2D eigenvalue weighted by Gasteiger charge is 2.69. The van der Waals surface area contributed by atoms with Crippen LogP contribution in [0.4, 0.5) is 0 Å². The number of aliphatic hydroxyl groups is 2. The van der Waals surface area contributed by atoms with Crippen LogP contribution in [0.5, 0.6) is 46.0 Å². The highest BCUT2D eigenvalue weighted by molar-refractivity contribution is 5.82. The molecule has 12 atom stereocenters. The number of hydrogen-bond acceptors (Lipinski definition) is 12. The molecule has 6 aromatic rings. The van der Waals surface area contributed by atoms with Crippen LogP contribution in [0.25, 0.3) is 11.3 Å². The molecule has 0 amide bonds. The van der Waals surface area contributed by atoms with E-state index in [1.54, 1.807) is 48.5 Å². The van der Waals surface area contributed by atoms with Crippen molar-refractivity contribution in [3.63, 3.8) is 0 Å². The highest BCUT2D eigenvalue weighted by atomic mass is 16.5. The molecule has 15 rings (SSSR count). The third-order valence-corrected chi connectivity index (χ3v) is 23.6. The van der Waals surface area contributed by atoms with E-state index in [0.717, 1.165) is 111 Å². The third-order valence-electron chi connectivity index (χ3n) is 23.6. The van der Waals surface area contributed by atoms with Crippen molar-refractivity contribution >= 4 is 5.78 Å². The molecule has 6 saturated carbocycles. The lowest BCUT2D eigenvalue weighted by Crippen LogP contribution is -2.53. The Bertz CT molecular complexity index is 3510. The van der Waals surface area contributed by atoms with Gasteiger partial charge in [0, 0.05) is 52.8 Å². The lowest BCUT2D eigenvalue weighted by Gasteiger charge is -2.56. The minimum absolute atomic E-state index is 0.0349. The molecule has 1 heterocycles. The number of carbonyl (C=O) groups is 1. The average molecular weight is 1150 g/mol. The molecule has 11 N–H and O–H groups in total. The first-order chi connectivity index (χ1) is 41.1. The Morgan fingerprint density at radius 3 is 2.34 bits per heavy atom. The third kappa shape index (κ3) is 9.38. The second kappa shape index (κ2) is 21.6. The quantitative estimate of drug-likeness (QED) is 0.0341. The van der Waals surface area contributed by atoms with Crippen molar-refractivity contribution < 1.29 is 55.1 Å². The fourth-order valence-corrected chi connectivity index (χ4v) is 20.1. The number of hydrogen-bond donors (Lipinski definition) is 10. The molecule has 0 radical (unpaired) electrons. The Morgan fingerprint density at radius 1 is 0.741 bits per heavy atom. The lowest BCUT2D eigenvalue weighted by atomic mass is 9.47. The molecule has 5 aromatic carbocycles. The summed E-state index contributed by atoms with van der Waals surface area (Å²) in [5.41, 5.74) is 12.5. The first-order valence-electron chi connectivity index (χ1n) is 32.0. The number of ketones is 1. The summed E-state index contributed by atoms with van der Waals surface area (Å²) in [6, 6.07) is 30.0. The number of nitrogens with two attached hydrogens (primary N) is 1. The fraction of sp³-hybridized carbons (Fsp3) is 0.514.